The quantitative estimate of drug-likeness (QED) is 0.777. The van der Waals surface area contributed by atoms with Crippen LogP contribution in [0, 0.1) is 12.7 Å². The van der Waals surface area contributed by atoms with Gasteiger partial charge in [0, 0.05) is 5.56 Å². The van der Waals surface area contributed by atoms with Crippen LogP contribution < -0.4 is 5.32 Å². The van der Waals surface area contributed by atoms with Gasteiger partial charge in [-0.1, -0.05) is 6.07 Å². The molecule has 0 atom stereocenters. The second-order valence-electron chi connectivity index (χ2n) is 4.37. The van der Waals surface area contributed by atoms with Gasteiger partial charge >= 0.3 is 0 Å². The first kappa shape index (κ1) is 11.3. The van der Waals surface area contributed by atoms with Crippen LogP contribution in [-0.2, 0) is 0 Å². The Morgan fingerprint density at radius 3 is 2.69 bits per heavy atom. The number of benzene rings is 1. The summed E-state index contributed by atoms with van der Waals surface area (Å²) in [6, 6.07) is 3.19. The Morgan fingerprint density at radius 1 is 1.38 bits per heavy atom. The summed E-state index contributed by atoms with van der Waals surface area (Å²) in [5.41, 5.74) is 2.14. The minimum atomic E-state index is -0.292. The van der Waals surface area contributed by atoms with Crippen LogP contribution in [0.15, 0.2) is 12.1 Å². The van der Waals surface area contributed by atoms with Crippen molar-refractivity contribution in [3.8, 4) is 0 Å². The van der Waals surface area contributed by atoms with Crippen LogP contribution in [0.3, 0.4) is 0 Å². The van der Waals surface area contributed by atoms with Crippen LogP contribution in [-0.4, -0.2) is 19.4 Å². The third kappa shape index (κ3) is 2.14. The molecule has 2 nitrogen and oxygen atoms in total. The standard InChI is InChI=1S/C13H16FNO/c1-9-6-12(10-2-4-15-5-3-10)11(8-16)7-13(9)14/h6-8,10,15H,2-5H2,1H3. The monoisotopic (exact) mass is 221 g/mol. The largest absolute Gasteiger partial charge is 0.317 e. The number of piperidine rings is 1. The molecule has 86 valence electrons. The smallest absolute Gasteiger partial charge is 0.150 e. The Bertz CT molecular complexity index is 397. The van der Waals surface area contributed by atoms with Gasteiger partial charge in [-0.3, -0.25) is 4.79 Å². The molecule has 0 aliphatic carbocycles. The molecule has 1 aliphatic heterocycles. The van der Waals surface area contributed by atoms with Gasteiger partial charge in [0.1, 0.15) is 12.1 Å². The summed E-state index contributed by atoms with van der Waals surface area (Å²) in [5.74, 6) is 0.0977. The van der Waals surface area contributed by atoms with E-state index in [0.29, 0.717) is 17.0 Å². The predicted octanol–water partition coefficient (Wildman–Crippen LogP) is 2.41. The lowest BCUT2D eigenvalue weighted by molar-refractivity contribution is 0.112. The minimum Gasteiger partial charge on any atom is -0.317 e. The summed E-state index contributed by atoms with van der Waals surface area (Å²) >= 11 is 0. The van der Waals surface area contributed by atoms with Crippen molar-refractivity contribution >= 4 is 6.29 Å². The summed E-state index contributed by atoms with van der Waals surface area (Å²) in [6.07, 6.45) is 2.80. The van der Waals surface area contributed by atoms with Crippen molar-refractivity contribution in [3.05, 3.63) is 34.6 Å². The second-order valence-corrected chi connectivity index (χ2v) is 4.37. The van der Waals surface area contributed by atoms with Crippen molar-refractivity contribution in [2.24, 2.45) is 0 Å². The zero-order valence-corrected chi connectivity index (χ0v) is 9.42. The molecule has 0 saturated carbocycles. The van der Waals surface area contributed by atoms with E-state index < -0.39 is 0 Å². The highest BCUT2D eigenvalue weighted by atomic mass is 19.1. The SMILES string of the molecule is Cc1cc(C2CCNCC2)c(C=O)cc1F. The number of hydrogen-bond acceptors (Lipinski definition) is 2. The number of rotatable bonds is 2. The molecule has 1 fully saturated rings. The second kappa shape index (κ2) is 4.74. The average Bonchev–Trinajstić information content (AvgIpc) is 2.33. The van der Waals surface area contributed by atoms with Gasteiger partial charge in [-0.15, -0.1) is 0 Å². The summed E-state index contributed by atoms with van der Waals surface area (Å²) < 4.78 is 13.3. The Kier molecular flexibility index (Phi) is 3.34. The Hall–Kier alpha value is -1.22. The Morgan fingerprint density at radius 2 is 2.06 bits per heavy atom. The van der Waals surface area contributed by atoms with Gasteiger partial charge < -0.3 is 5.32 Å². The van der Waals surface area contributed by atoms with Crippen LogP contribution in [0.2, 0.25) is 0 Å². The van der Waals surface area contributed by atoms with E-state index in [1.807, 2.05) is 6.07 Å². The number of hydrogen-bond donors (Lipinski definition) is 1. The van der Waals surface area contributed by atoms with E-state index in [9.17, 15) is 9.18 Å². The lowest BCUT2D eigenvalue weighted by Crippen LogP contribution is -2.27. The van der Waals surface area contributed by atoms with Crippen LogP contribution in [0.5, 0.6) is 0 Å². The number of aryl methyl sites for hydroxylation is 1. The fourth-order valence-electron chi connectivity index (χ4n) is 2.31. The molecule has 1 saturated heterocycles. The Balaban J connectivity index is 2.37. The van der Waals surface area contributed by atoms with E-state index in [1.165, 1.54) is 6.07 Å². The third-order valence-electron chi connectivity index (χ3n) is 3.27. The molecule has 1 aromatic carbocycles. The molecule has 16 heavy (non-hydrogen) atoms. The molecule has 1 heterocycles. The predicted molar refractivity (Wildman–Crippen MR) is 61.4 cm³/mol. The Labute approximate surface area is 94.9 Å². The maximum atomic E-state index is 13.3. The topological polar surface area (TPSA) is 29.1 Å². The van der Waals surface area contributed by atoms with Crippen molar-refractivity contribution in [1.82, 2.24) is 5.32 Å². The molecular formula is C13H16FNO. The maximum absolute atomic E-state index is 13.3. The average molecular weight is 221 g/mol. The van der Waals surface area contributed by atoms with E-state index >= 15 is 0 Å². The first-order chi connectivity index (χ1) is 7.72. The minimum absolute atomic E-state index is 0.292. The van der Waals surface area contributed by atoms with E-state index in [2.05, 4.69) is 5.32 Å². The van der Waals surface area contributed by atoms with Crippen LogP contribution in [0.4, 0.5) is 4.39 Å². The highest BCUT2D eigenvalue weighted by Gasteiger charge is 2.19. The summed E-state index contributed by atoms with van der Waals surface area (Å²) in [6.45, 7) is 3.69. The first-order valence-corrected chi connectivity index (χ1v) is 5.68. The van der Waals surface area contributed by atoms with Crippen LogP contribution in [0.1, 0.15) is 40.2 Å². The summed E-state index contributed by atoms with van der Waals surface area (Å²) in [4.78, 5) is 11.0. The summed E-state index contributed by atoms with van der Waals surface area (Å²) in [5, 5.41) is 3.29. The van der Waals surface area contributed by atoms with Crippen molar-refractivity contribution in [2.75, 3.05) is 13.1 Å². The van der Waals surface area contributed by atoms with Crippen molar-refractivity contribution in [3.63, 3.8) is 0 Å². The highest BCUT2D eigenvalue weighted by Crippen LogP contribution is 2.29. The molecule has 0 amide bonds. The highest BCUT2D eigenvalue weighted by molar-refractivity contribution is 5.78. The molecule has 0 aromatic heterocycles. The van der Waals surface area contributed by atoms with Gasteiger partial charge in [-0.2, -0.15) is 0 Å². The first-order valence-electron chi connectivity index (χ1n) is 5.68. The van der Waals surface area contributed by atoms with E-state index in [4.69, 9.17) is 0 Å². The van der Waals surface area contributed by atoms with Gasteiger partial charge in [-0.05, 0) is 56.0 Å². The summed E-state index contributed by atoms with van der Waals surface area (Å²) in [7, 11) is 0. The third-order valence-corrected chi connectivity index (χ3v) is 3.27. The molecule has 0 bridgehead atoms. The molecular weight excluding hydrogens is 205 g/mol. The van der Waals surface area contributed by atoms with Gasteiger partial charge in [-0.25, -0.2) is 4.39 Å². The zero-order valence-electron chi connectivity index (χ0n) is 9.42. The molecule has 0 spiro atoms. The molecule has 2 rings (SSSR count). The van der Waals surface area contributed by atoms with Crippen LogP contribution >= 0.6 is 0 Å². The molecule has 0 radical (unpaired) electrons. The molecule has 1 aromatic rings. The molecule has 0 unspecified atom stereocenters. The molecule has 1 aliphatic rings. The number of nitrogens with one attached hydrogen (secondary N) is 1. The lowest BCUT2D eigenvalue weighted by atomic mass is 9.86. The molecule has 3 heteroatoms. The lowest BCUT2D eigenvalue weighted by Gasteiger charge is -2.24. The van der Waals surface area contributed by atoms with E-state index in [0.717, 1.165) is 37.8 Å². The number of carbonyl (C=O) groups excluding carboxylic acids is 1. The zero-order chi connectivity index (χ0) is 11.5. The number of carbonyl (C=O) groups is 1. The number of aldehydes is 1. The van der Waals surface area contributed by atoms with E-state index in [1.54, 1.807) is 6.92 Å². The van der Waals surface area contributed by atoms with Crippen molar-refractivity contribution in [1.29, 1.82) is 0 Å². The van der Waals surface area contributed by atoms with Gasteiger partial charge in [0.25, 0.3) is 0 Å². The van der Waals surface area contributed by atoms with Crippen molar-refractivity contribution in [2.45, 2.75) is 25.7 Å². The van der Waals surface area contributed by atoms with E-state index in [-0.39, 0.29) is 5.82 Å². The fraction of sp³-hybridized carbons (Fsp3) is 0.462. The van der Waals surface area contributed by atoms with Gasteiger partial charge in [0.15, 0.2) is 0 Å². The maximum Gasteiger partial charge on any atom is 0.150 e. The van der Waals surface area contributed by atoms with Gasteiger partial charge in [0.2, 0.25) is 0 Å². The fourth-order valence-corrected chi connectivity index (χ4v) is 2.31. The van der Waals surface area contributed by atoms with Gasteiger partial charge in [0.05, 0.1) is 0 Å². The molecule has 1 N–H and O–H groups in total. The van der Waals surface area contributed by atoms with Crippen LogP contribution in [0.25, 0.3) is 0 Å². The number of halogens is 1. The normalized spacial score (nSPS) is 17.4. The van der Waals surface area contributed by atoms with Crippen molar-refractivity contribution < 1.29 is 9.18 Å².